The van der Waals surface area contributed by atoms with Crippen LogP contribution in [0.1, 0.15) is 6.92 Å². The SMILES string of the molecule is C=CCO[C@@H]1C(C)[C@H](O)OC(CO)[C@H]1O. The van der Waals surface area contributed by atoms with E-state index in [1.54, 1.807) is 13.0 Å². The van der Waals surface area contributed by atoms with Crippen molar-refractivity contribution in [3.05, 3.63) is 12.7 Å². The first-order valence-electron chi connectivity index (χ1n) is 4.96. The molecule has 1 aliphatic heterocycles. The van der Waals surface area contributed by atoms with Crippen LogP contribution in [0, 0.1) is 5.92 Å². The summed E-state index contributed by atoms with van der Waals surface area (Å²) in [7, 11) is 0. The quantitative estimate of drug-likeness (QED) is 0.542. The Labute approximate surface area is 88.9 Å². The third kappa shape index (κ3) is 2.76. The van der Waals surface area contributed by atoms with Crippen molar-refractivity contribution < 1.29 is 24.8 Å². The molecule has 88 valence electrons. The molecule has 1 saturated heterocycles. The number of aliphatic hydroxyl groups is 3. The molecule has 1 rings (SSSR count). The third-order valence-electron chi connectivity index (χ3n) is 2.59. The van der Waals surface area contributed by atoms with Crippen LogP contribution in [0.3, 0.4) is 0 Å². The topological polar surface area (TPSA) is 79.2 Å². The van der Waals surface area contributed by atoms with E-state index in [1.807, 2.05) is 0 Å². The first-order valence-corrected chi connectivity index (χ1v) is 4.96. The summed E-state index contributed by atoms with van der Waals surface area (Å²) in [4.78, 5) is 0. The lowest BCUT2D eigenvalue weighted by Gasteiger charge is -2.40. The minimum atomic E-state index is -1.03. The van der Waals surface area contributed by atoms with Gasteiger partial charge in [0.1, 0.15) is 12.2 Å². The number of aliphatic hydroxyl groups excluding tert-OH is 3. The molecule has 5 nitrogen and oxygen atoms in total. The molecule has 0 amide bonds. The fourth-order valence-electron chi connectivity index (χ4n) is 1.65. The van der Waals surface area contributed by atoms with Crippen LogP contribution in [0.2, 0.25) is 0 Å². The summed E-state index contributed by atoms with van der Waals surface area (Å²) in [5.74, 6) is -0.345. The molecule has 1 heterocycles. The van der Waals surface area contributed by atoms with Crippen LogP contribution in [-0.2, 0) is 9.47 Å². The van der Waals surface area contributed by atoms with Crippen molar-refractivity contribution in [2.45, 2.75) is 31.5 Å². The van der Waals surface area contributed by atoms with Gasteiger partial charge in [-0.25, -0.2) is 0 Å². The summed E-state index contributed by atoms with van der Waals surface area (Å²) in [5, 5.41) is 28.2. The molecule has 0 aromatic heterocycles. The molecule has 0 aromatic carbocycles. The highest BCUT2D eigenvalue weighted by Crippen LogP contribution is 2.26. The molecule has 15 heavy (non-hydrogen) atoms. The highest BCUT2D eigenvalue weighted by Gasteiger charge is 2.42. The van der Waals surface area contributed by atoms with Gasteiger partial charge in [0.15, 0.2) is 6.29 Å². The van der Waals surface area contributed by atoms with Gasteiger partial charge in [-0.15, -0.1) is 6.58 Å². The second-order valence-electron chi connectivity index (χ2n) is 3.68. The Hall–Kier alpha value is -0.460. The standard InChI is InChI=1S/C10H18O5/c1-3-4-14-9-6(2)10(13)15-7(5-11)8(9)12/h3,6-13H,1,4-5H2,2H3/t6?,7?,8-,9-,10-/m1/s1. The van der Waals surface area contributed by atoms with Gasteiger partial charge in [0.25, 0.3) is 0 Å². The Kier molecular flexibility index (Phi) is 4.69. The Balaban J connectivity index is 2.65. The van der Waals surface area contributed by atoms with E-state index in [1.165, 1.54) is 0 Å². The van der Waals surface area contributed by atoms with Crippen molar-refractivity contribution in [3.8, 4) is 0 Å². The predicted octanol–water partition coefficient (Wildman–Crippen LogP) is -0.736. The first kappa shape index (κ1) is 12.6. The molecule has 0 saturated carbocycles. The summed E-state index contributed by atoms with van der Waals surface area (Å²) < 4.78 is 10.4. The van der Waals surface area contributed by atoms with E-state index in [-0.39, 0.29) is 19.1 Å². The van der Waals surface area contributed by atoms with E-state index in [4.69, 9.17) is 14.6 Å². The molecule has 2 unspecified atom stereocenters. The highest BCUT2D eigenvalue weighted by atomic mass is 16.6. The number of rotatable bonds is 4. The fraction of sp³-hybridized carbons (Fsp3) is 0.800. The summed E-state index contributed by atoms with van der Waals surface area (Å²) in [5.41, 5.74) is 0. The largest absolute Gasteiger partial charge is 0.394 e. The van der Waals surface area contributed by atoms with Gasteiger partial charge in [0.2, 0.25) is 0 Å². The second-order valence-corrected chi connectivity index (χ2v) is 3.68. The van der Waals surface area contributed by atoms with E-state index in [2.05, 4.69) is 6.58 Å². The molecular weight excluding hydrogens is 200 g/mol. The molecule has 0 aliphatic carbocycles. The van der Waals surface area contributed by atoms with Crippen molar-refractivity contribution in [1.82, 2.24) is 0 Å². The van der Waals surface area contributed by atoms with E-state index in [9.17, 15) is 10.2 Å². The minimum Gasteiger partial charge on any atom is -0.394 e. The first-order chi connectivity index (χ1) is 7.11. The lowest BCUT2D eigenvalue weighted by molar-refractivity contribution is -0.272. The number of ether oxygens (including phenoxy) is 2. The zero-order valence-corrected chi connectivity index (χ0v) is 8.74. The smallest absolute Gasteiger partial charge is 0.160 e. The van der Waals surface area contributed by atoms with Gasteiger partial charge >= 0.3 is 0 Å². The van der Waals surface area contributed by atoms with E-state index < -0.39 is 24.6 Å². The Morgan fingerprint density at radius 2 is 2.13 bits per heavy atom. The van der Waals surface area contributed by atoms with Gasteiger partial charge < -0.3 is 24.8 Å². The lowest BCUT2D eigenvalue weighted by atomic mass is 9.92. The Morgan fingerprint density at radius 3 is 2.67 bits per heavy atom. The van der Waals surface area contributed by atoms with Crippen molar-refractivity contribution >= 4 is 0 Å². The van der Waals surface area contributed by atoms with Crippen LogP contribution >= 0.6 is 0 Å². The molecule has 0 spiro atoms. The normalized spacial score (nSPS) is 41.5. The maximum absolute atomic E-state index is 9.79. The van der Waals surface area contributed by atoms with Crippen LogP contribution in [0.25, 0.3) is 0 Å². The van der Waals surface area contributed by atoms with Gasteiger partial charge in [-0.1, -0.05) is 13.0 Å². The zero-order chi connectivity index (χ0) is 11.4. The maximum Gasteiger partial charge on any atom is 0.160 e. The average Bonchev–Trinajstić information content (AvgIpc) is 2.23. The van der Waals surface area contributed by atoms with E-state index in [0.717, 1.165) is 0 Å². The van der Waals surface area contributed by atoms with Crippen LogP contribution in [0.4, 0.5) is 0 Å². The van der Waals surface area contributed by atoms with Gasteiger partial charge in [-0.05, 0) is 0 Å². The minimum absolute atomic E-state index is 0.289. The zero-order valence-electron chi connectivity index (χ0n) is 8.74. The monoisotopic (exact) mass is 218 g/mol. The molecule has 1 fully saturated rings. The van der Waals surface area contributed by atoms with Crippen molar-refractivity contribution in [1.29, 1.82) is 0 Å². The molecule has 0 aromatic rings. The summed E-state index contributed by atoms with van der Waals surface area (Å²) in [6.07, 6.45) is -1.75. The fourth-order valence-corrected chi connectivity index (χ4v) is 1.65. The third-order valence-corrected chi connectivity index (χ3v) is 2.59. The number of hydrogen-bond acceptors (Lipinski definition) is 5. The van der Waals surface area contributed by atoms with Crippen LogP contribution in [0.15, 0.2) is 12.7 Å². The number of hydrogen-bond donors (Lipinski definition) is 3. The highest BCUT2D eigenvalue weighted by molar-refractivity contribution is 4.88. The van der Waals surface area contributed by atoms with Gasteiger partial charge in [0, 0.05) is 5.92 Å². The van der Waals surface area contributed by atoms with Crippen molar-refractivity contribution in [3.63, 3.8) is 0 Å². The molecule has 5 heteroatoms. The molecule has 5 atom stereocenters. The lowest BCUT2D eigenvalue weighted by Crippen LogP contribution is -2.55. The molecule has 0 bridgehead atoms. The summed E-state index contributed by atoms with van der Waals surface area (Å²) in [6.45, 7) is 5.16. The van der Waals surface area contributed by atoms with Gasteiger partial charge in [0.05, 0.1) is 19.3 Å². The van der Waals surface area contributed by atoms with E-state index >= 15 is 0 Å². The van der Waals surface area contributed by atoms with Crippen LogP contribution in [-0.4, -0.2) is 53.1 Å². The predicted molar refractivity (Wildman–Crippen MR) is 53.1 cm³/mol. The van der Waals surface area contributed by atoms with Crippen LogP contribution < -0.4 is 0 Å². The van der Waals surface area contributed by atoms with E-state index in [0.29, 0.717) is 0 Å². The van der Waals surface area contributed by atoms with Crippen LogP contribution in [0.5, 0.6) is 0 Å². The second kappa shape index (κ2) is 5.58. The molecule has 1 aliphatic rings. The molecule has 0 radical (unpaired) electrons. The molecular formula is C10H18O5. The molecule has 3 N–H and O–H groups in total. The summed E-state index contributed by atoms with van der Waals surface area (Å²) in [6, 6.07) is 0. The van der Waals surface area contributed by atoms with Gasteiger partial charge in [-0.2, -0.15) is 0 Å². The maximum atomic E-state index is 9.79. The Morgan fingerprint density at radius 1 is 1.47 bits per heavy atom. The summed E-state index contributed by atoms with van der Waals surface area (Å²) >= 11 is 0. The van der Waals surface area contributed by atoms with Gasteiger partial charge in [-0.3, -0.25) is 0 Å². The van der Waals surface area contributed by atoms with Crippen molar-refractivity contribution in [2.75, 3.05) is 13.2 Å². The Bertz CT molecular complexity index is 208. The van der Waals surface area contributed by atoms with Crippen molar-refractivity contribution in [2.24, 2.45) is 5.92 Å². The average molecular weight is 218 g/mol.